The van der Waals surface area contributed by atoms with Gasteiger partial charge in [-0.1, -0.05) is 20.8 Å². The Hall–Kier alpha value is -0.0500. The van der Waals surface area contributed by atoms with Crippen LogP contribution >= 0.6 is 24.0 Å². The van der Waals surface area contributed by atoms with Crippen LogP contribution in [0.5, 0.6) is 0 Å². The summed E-state index contributed by atoms with van der Waals surface area (Å²) >= 11 is 0. The van der Waals surface area contributed by atoms with E-state index < -0.39 is 9.84 Å². The molecule has 0 aromatic heterocycles. The highest BCUT2D eigenvalue weighted by Crippen LogP contribution is 2.20. The topological polar surface area (TPSA) is 61.8 Å². The molecular formula is C15H32IN3O2S. The molecule has 0 saturated carbocycles. The van der Waals surface area contributed by atoms with Gasteiger partial charge in [-0.2, -0.15) is 0 Å². The van der Waals surface area contributed by atoms with Crippen molar-refractivity contribution in [1.82, 2.24) is 10.2 Å². The molecule has 1 unspecified atom stereocenters. The fourth-order valence-electron chi connectivity index (χ4n) is 2.58. The van der Waals surface area contributed by atoms with Crippen LogP contribution in [0.4, 0.5) is 0 Å². The molecule has 5 nitrogen and oxygen atoms in total. The van der Waals surface area contributed by atoms with E-state index in [-0.39, 0.29) is 35.1 Å². The maximum Gasteiger partial charge on any atom is 0.193 e. The molecule has 132 valence electrons. The molecule has 0 aliphatic carbocycles. The lowest BCUT2D eigenvalue weighted by Crippen LogP contribution is -2.48. The van der Waals surface area contributed by atoms with E-state index in [1.165, 1.54) is 19.1 Å². The van der Waals surface area contributed by atoms with Crippen LogP contribution < -0.4 is 5.32 Å². The molecule has 1 fully saturated rings. The second-order valence-corrected chi connectivity index (χ2v) is 9.40. The first-order valence-electron chi connectivity index (χ1n) is 7.76. The number of aliphatic imine (C=N–C) groups is 1. The van der Waals surface area contributed by atoms with Crippen molar-refractivity contribution >= 4 is 39.8 Å². The van der Waals surface area contributed by atoms with E-state index in [1.54, 1.807) is 0 Å². The second-order valence-electron chi connectivity index (χ2n) is 7.14. The highest BCUT2D eigenvalue weighted by atomic mass is 127. The Balaban J connectivity index is 0.00000441. The Labute approximate surface area is 153 Å². The van der Waals surface area contributed by atoms with Crippen LogP contribution in [0.25, 0.3) is 0 Å². The minimum Gasteiger partial charge on any atom is -0.356 e. The van der Waals surface area contributed by atoms with Crippen LogP contribution in [0.2, 0.25) is 0 Å². The van der Waals surface area contributed by atoms with Gasteiger partial charge in [0.15, 0.2) is 5.96 Å². The van der Waals surface area contributed by atoms with Crippen LogP contribution in [0, 0.1) is 11.3 Å². The van der Waals surface area contributed by atoms with Crippen molar-refractivity contribution in [2.24, 2.45) is 16.3 Å². The van der Waals surface area contributed by atoms with E-state index >= 15 is 0 Å². The van der Waals surface area contributed by atoms with Crippen molar-refractivity contribution in [1.29, 1.82) is 0 Å². The van der Waals surface area contributed by atoms with Crippen molar-refractivity contribution < 1.29 is 8.42 Å². The van der Waals surface area contributed by atoms with E-state index in [9.17, 15) is 8.42 Å². The summed E-state index contributed by atoms with van der Waals surface area (Å²) in [6.07, 6.45) is 4.45. The summed E-state index contributed by atoms with van der Waals surface area (Å²) in [6.45, 7) is 9.29. The Morgan fingerprint density at radius 2 is 2.05 bits per heavy atom. The van der Waals surface area contributed by atoms with Crippen LogP contribution in [-0.4, -0.2) is 58.0 Å². The van der Waals surface area contributed by atoms with Gasteiger partial charge in [0, 0.05) is 32.9 Å². The summed E-state index contributed by atoms with van der Waals surface area (Å²) in [5.74, 6) is 1.88. The lowest BCUT2D eigenvalue weighted by atomic mass is 9.90. The number of nitrogens with one attached hydrogen (secondary N) is 1. The number of hydrogen-bond acceptors (Lipinski definition) is 3. The summed E-state index contributed by atoms with van der Waals surface area (Å²) in [5, 5.41) is 3.42. The first-order chi connectivity index (χ1) is 9.63. The Bertz CT molecular complexity index is 463. The first kappa shape index (κ1) is 21.9. The quantitative estimate of drug-likeness (QED) is 0.401. The van der Waals surface area contributed by atoms with Crippen molar-refractivity contribution in [3.8, 4) is 0 Å². The van der Waals surface area contributed by atoms with Gasteiger partial charge in [-0.25, -0.2) is 8.42 Å². The molecule has 0 amide bonds. The molecule has 1 aliphatic rings. The van der Waals surface area contributed by atoms with E-state index in [0.717, 1.165) is 25.6 Å². The molecule has 0 spiro atoms. The molecule has 1 atom stereocenters. The monoisotopic (exact) mass is 445 g/mol. The standard InChI is InChI=1S/C15H31N3O2S.HI/c1-13-7-6-9-18(11-13)14(16-4)17-12-15(2,3)8-10-21(5,19)20;/h13H,6-12H2,1-5H3,(H,16,17);1H. The van der Waals surface area contributed by atoms with Gasteiger partial charge in [0.1, 0.15) is 9.84 Å². The highest BCUT2D eigenvalue weighted by Gasteiger charge is 2.23. The molecule has 0 radical (unpaired) electrons. The van der Waals surface area contributed by atoms with Gasteiger partial charge in [0.2, 0.25) is 0 Å². The molecule has 22 heavy (non-hydrogen) atoms. The zero-order valence-electron chi connectivity index (χ0n) is 14.6. The molecule has 0 aromatic rings. The fourth-order valence-corrected chi connectivity index (χ4v) is 3.51. The van der Waals surface area contributed by atoms with E-state index in [4.69, 9.17) is 0 Å². The van der Waals surface area contributed by atoms with Crippen molar-refractivity contribution in [2.45, 2.75) is 40.0 Å². The Morgan fingerprint density at radius 3 is 2.55 bits per heavy atom. The number of guanidine groups is 1. The van der Waals surface area contributed by atoms with Gasteiger partial charge in [0.05, 0.1) is 5.75 Å². The number of likely N-dealkylation sites (tertiary alicyclic amines) is 1. The fraction of sp³-hybridized carbons (Fsp3) is 0.933. The molecule has 0 aromatic carbocycles. The smallest absolute Gasteiger partial charge is 0.193 e. The zero-order chi connectivity index (χ0) is 16.1. The lowest BCUT2D eigenvalue weighted by molar-refractivity contribution is 0.260. The summed E-state index contributed by atoms with van der Waals surface area (Å²) in [4.78, 5) is 6.68. The van der Waals surface area contributed by atoms with Gasteiger partial charge in [0.25, 0.3) is 0 Å². The number of piperidine rings is 1. The minimum atomic E-state index is -2.90. The summed E-state index contributed by atoms with van der Waals surface area (Å²) in [5.41, 5.74) is -0.0690. The maximum absolute atomic E-state index is 11.3. The van der Waals surface area contributed by atoms with Crippen LogP contribution in [0.15, 0.2) is 4.99 Å². The number of sulfone groups is 1. The molecule has 0 bridgehead atoms. The van der Waals surface area contributed by atoms with Gasteiger partial charge >= 0.3 is 0 Å². The predicted octanol–water partition coefficient (Wildman–Crippen LogP) is 2.37. The average Bonchev–Trinajstić information content (AvgIpc) is 2.37. The largest absolute Gasteiger partial charge is 0.356 e. The molecular weight excluding hydrogens is 413 g/mol. The third kappa shape index (κ3) is 8.55. The molecule has 1 heterocycles. The van der Waals surface area contributed by atoms with Crippen molar-refractivity contribution in [2.75, 3.05) is 38.7 Å². The van der Waals surface area contributed by atoms with E-state index in [1.807, 2.05) is 7.05 Å². The Kier molecular flexibility index (Phi) is 9.27. The van der Waals surface area contributed by atoms with Crippen LogP contribution in [-0.2, 0) is 9.84 Å². The van der Waals surface area contributed by atoms with Gasteiger partial charge in [-0.15, -0.1) is 24.0 Å². The predicted molar refractivity (Wildman–Crippen MR) is 105 cm³/mol. The zero-order valence-corrected chi connectivity index (χ0v) is 17.7. The average molecular weight is 445 g/mol. The van der Waals surface area contributed by atoms with Gasteiger partial charge < -0.3 is 10.2 Å². The SMILES string of the molecule is CN=C(NCC(C)(C)CCS(C)(=O)=O)N1CCCC(C)C1.I. The normalized spacial score (nSPS) is 20.5. The first-order valence-corrected chi connectivity index (χ1v) is 9.82. The summed E-state index contributed by atoms with van der Waals surface area (Å²) in [6, 6.07) is 0. The van der Waals surface area contributed by atoms with E-state index in [0.29, 0.717) is 12.3 Å². The number of nitrogens with zero attached hydrogens (tertiary/aromatic N) is 2. The number of halogens is 1. The highest BCUT2D eigenvalue weighted by molar-refractivity contribution is 14.0. The van der Waals surface area contributed by atoms with Crippen LogP contribution in [0.1, 0.15) is 40.0 Å². The van der Waals surface area contributed by atoms with Crippen LogP contribution in [0.3, 0.4) is 0 Å². The number of hydrogen-bond donors (Lipinski definition) is 1. The van der Waals surface area contributed by atoms with Crippen molar-refractivity contribution in [3.05, 3.63) is 0 Å². The second kappa shape index (κ2) is 9.30. The molecule has 1 aliphatic heterocycles. The van der Waals surface area contributed by atoms with Gasteiger partial charge in [-0.3, -0.25) is 4.99 Å². The molecule has 1 N–H and O–H groups in total. The molecule has 1 rings (SSSR count). The third-order valence-electron chi connectivity index (χ3n) is 4.04. The summed E-state index contributed by atoms with van der Waals surface area (Å²) < 4.78 is 22.6. The minimum absolute atomic E-state index is 0. The van der Waals surface area contributed by atoms with Gasteiger partial charge in [-0.05, 0) is 30.6 Å². The molecule has 1 saturated heterocycles. The lowest BCUT2D eigenvalue weighted by Gasteiger charge is -2.35. The Morgan fingerprint density at radius 1 is 1.41 bits per heavy atom. The third-order valence-corrected chi connectivity index (χ3v) is 4.99. The summed E-state index contributed by atoms with van der Waals surface area (Å²) in [7, 11) is -1.09. The maximum atomic E-state index is 11.3. The molecule has 7 heteroatoms. The van der Waals surface area contributed by atoms with E-state index in [2.05, 4.69) is 36.0 Å². The van der Waals surface area contributed by atoms with Crippen molar-refractivity contribution in [3.63, 3.8) is 0 Å². The number of rotatable bonds is 5.